The Hall–Kier alpha value is -0.570. The van der Waals surface area contributed by atoms with E-state index in [1.54, 1.807) is 0 Å². The van der Waals surface area contributed by atoms with Crippen molar-refractivity contribution in [2.75, 3.05) is 19.6 Å². The van der Waals surface area contributed by atoms with Gasteiger partial charge in [-0.15, -0.1) is 0 Å². The Morgan fingerprint density at radius 1 is 1.25 bits per heavy atom. The first-order valence-corrected chi connectivity index (χ1v) is 8.67. The van der Waals surface area contributed by atoms with E-state index < -0.39 is 0 Å². The van der Waals surface area contributed by atoms with Crippen molar-refractivity contribution in [1.82, 2.24) is 10.2 Å². The van der Waals surface area contributed by atoms with Crippen LogP contribution in [0.3, 0.4) is 0 Å². The number of hydrogen-bond acceptors (Lipinski definition) is 2. The van der Waals surface area contributed by atoms with Crippen LogP contribution >= 0.6 is 0 Å². The summed E-state index contributed by atoms with van der Waals surface area (Å²) in [6.07, 6.45) is 9.32. The third-order valence-corrected chi connectivity index (χ3v) is 4.96. The molecule has 3 nitrogen and oxygen atoms in total. The molecule has 1 aliphatic carbocycles. The van der Waals surface area contributed by atoms with E-state index in [2.05, 4.69) is 24.1 Å². The molecular formula is C17H32N2O. The first-order valence-electron chi connectivity index (χ1n) is 8.67. The minimum absolute atomic E-state index is 0.421. The number of nitrogens with zero attached hydrogens (tertiary/aromatic N) is 1. The zero-order valence-electron chi connectivity index (χ0n) is 13.4. The summed E-state index contributed by atoms with van der Waals surface area (Å²) in [5.41, 5.74) is 0. The average Bonchev–Trinajstić information content (AvgIpc) is 3.09. The van der Waals surface area contributed by atoms with E-state index in [0.717, 1.165) is 44.8 Å². The summed E-state index contributed by atoms with van der Waals surface area (Å²) < 4.78 is 0. The number of nitrogens with one attached hydrogen (secondary N) is 1. The quantitative estimate of drug-likeness (QED) is 0.777. The van der Waals surface area contributed by atoms with Crippen LogP contribution in [0.1, 0.15) is 65.2 Å². The van der Waals surface area contributed by atoms with Crippen molar-refractivity contribution in [2.24, 2.45) is 11.8 Å². The highest BCUT2D eigenvalue weighted by molar-refractivity contribution is 5.76. The molecule has 1 saturated heterocycles. The number of amides is 1. The van der Waals surface area contributed by atoms with Gasteiger partial charge in [0.05, 0.1) is 0 Å². The molecule has 0 bridgehead atoms. The topological polar surface area (TPSA) is 32.3 Å². The molecule has 0 radical (unpaired) electrons. The van der Waals surface area contributed by atoms with Gasteiger partial charge in [-0.25, -0.2) is 0 Å². The smallest absolute Gasteiger partial charge is 0.222 e. The van der Waals surface area contributed by atoms with E-state index in [4.69, 9.17) is 0 Å². The minimum atomic E-state index is 0.421. The van der Waals surface area contributed by atoms with E-state index in [9.17, 15) is 4.79 Å². The third-order valence-electron chi connectivity index (χ3n) is 4.96. The van der Waals surface area contributed by atoms with Gasteiger partial charge in [-0.2, -0.15) is 0 Å². The van der Waals surface area contributed by atoms with E-state index >= 15 is 0 Å². The van der Waals surface area contributed by atoms with Gasteiger partial charge in [-0.05, 0) is 57.0 Å². The van der Waals surface area contributed by atoms with Gasteiger partial charge in [0, 0.05) is 19.0 Å². The van der Waals surface area contributed by atoms with Crippen LogP contribution in [0, 0.1) is 11.8 Å². The van der Waals surface area contributed by atoms with Crippen molar-refractivity contribution in [2.45, 2.75) is 71.3 Å². The Morgan fingerprint density at radius 3 is 2.60 bits per heavy atom. The molecule has 2 aliphatic rings. The van der Waals surface area contributed by atoms with E-state index in [1.165, 1.54) is 32.1 Å². The van der Waals surface area contributed by atoms with Gasteiger partial charge in [-0.1, -0.05) is 26.7 Å². The lowest BCUT2D eigenvalue weighted by molar-refractivity contribution is -0.134. The molecule has 1 amide bonds. The summed E-state index contributed by atoms with van der Waals surface area (Å²) in [5.74, 6) is 1.84. The average molecular weight is 280 g/mol. The number of carbonyl (C=O) groups is 1. The predicted molar refractivity (Wildman–Crippen MR) is 83.6 cm³/mol. The predicted octanol–water partition coefficient (Wildman–Crippen LogP) is 3.19. The Balaban J connectivity index is 1.81. The number of hydrogen-bond donors (Lipinski definition) is 1. The van der Waals surface area contributed by atoms with Crippen LogP contribution in [0.2, 0.25) is 0 Å². The van der Waals surface area contributed by atoms with Crippen molar-refractivity contribution < 1.29 is 4.79 Å². The van der Waals surface area contributed by atoms with Crippen LogP contribution in [0.15, 0.2) is 0 Å². The molecule has 1 aliphatic heterocycles. The SMILES string of the molecule is CC(C)CCN(C(=O)CCC1CCNC1)C1CCCC1. The van der Waals surface area contributed by atoms with E-state index in [0.29, 0.717) is 17.9 Å². The molecular weight excluding hydrogens is 248 g/mol. The van der Waals surface area contributed by atoms with Gasteiger partial charge in [0.15, 0.2) is 0 Å². The summed E-state index contributed by atoms with van der Waals surface area (Å²) in [5, 5.41) is 3.40. The second kappa shape index (κ2) is 8.02. The Kier molecular flexibility index (Phi) is 6.34. The van der Waals surface area contributed by atoms with Crippen LogP contribution in [-0.4, -0.2) is 36.5 Å². The molecule has 2 rings (SSSR count). The summed E-state index contributed by atoms with van der Waals surface area (Å²) >= 11 is 0. The fourth-order valence-electron chi connectivity index (χ4n) is 3.56. The molecule has 1 heterocycles. The second-order valence-corrected chi connectivity index (χ2v) is 7.11. The molecule has 0 aromatic heterocycles. The third kappa shape index (κ3) is 4.76. The van der Waals surface area contributed by atoms with E-state index in [-0.39, 0.29) is 0 Å². The first kappa shape index (κ1) is 15.8. The summed E-state index contributed by atoms with van der Waals surface area (Å²) in [6.45, 7) is 7.73. The molecule has 116 valence electrons. The van der Waals surface area contributed by atoms with Crippen molar-refractivity contribution in [3.05, 3.63) is 0 Å². The highest BCUT2D eigenvalue weighted by Crippen LogP contribution is 2.25. The van der Waals surface area contributed by atoms with Gasteiger partial charge in [0.25, 0.3) is 0 Å². The number of rotatable bonds is 7. The standard InChI is InChI=1S/C17H32N2O/c1-14(2)10-12-19(16-5-3-4-6-16)17(20)8-7-15-9-11-18-13-15/h14-16,18H,3-13H2,1-2H3. The van der Waals surface area contributed by atoms with Gasteiger partial charge >= 0.3 is 0 Å². The highest BCUT2D eigenvalue weighted by Gasteiger charge is 2.27. The molecule has 1 saturated carbocycles. The zero-order valence-corrected chi connectivity index (χ0v) is 13.4. The van der Waals surface area contributed by atoms with Crippen LogP contribution < -0.4 is 5.32 Å². The second-order valence-electron chi connectivity index (χ2n) is 7.11. The maximum atomic E-state index is 12.6. The maximum Gasteiger partial charge on any atom is 0.222 e. The van der Waals surface area contributed by atoms with E-state index in [1.807, 2.05) is 0 Å². The Bertz CT molecular complexity index is 291. The summed E-state index contributed by atoms with van der Waals surface area (Å²) in [4.78, 5) is 14.8. The van der Waals surface area contributed by atoms with Crippen molar-refractivity contribution in [3.63, 3.8) is 0 Å². The first-order chi connectivity index (χ1) is 9.66. The molecule has 1 atom stereocenters. The molecule has 2 fully saturated rings. The molecule has 0 aromatic rings. The van der Waals surface area contributed by atoms with Crippen LogP contribution in [0.5, 0.6) is 0 Å². The fraction of sp³-hybridized carbons (Fsp3) is 0.941. The van der Waals surface area contributed by atoms with Gasteiger partial charge in [-0.3, -0.25) is 4.79 Å². The lowest BCUT2D eigenvalue weighted by Gasteiger charge is -2.30. The Labute approximate surface area is 124 Å². The fourth-order valence-corrected chi connectivity index (χ4v) is 3.56. The van der Waals surface area contributed by atoms with Crippen LogP contribution in [0.25, 0.3) is 0 Å². The molecule has 3 heteroatoms. The molecule has 20 heavy (non-hydrogen) atoms. The molecule has 0 aromatic carbocycles. The largest absolute Gasteiger partial charge is 0.340 e. The van der Waals surface area contributed by atoms with Crippen molar-refractivity contribution in [3.8, 4) is 0 Å². The van der Waals surface area contributed by atoms with Gasteiger partial charge < -0.3 is 10.2 Å². The number of carbonyl (C=O) groups excluding carboxylic acids is 1. The highest BCUT2D eigenvalue weighted by atomic mass is 16.2. The summed E-state index contributed by atoms with van der Waals surface area (Å²) in [7, 11) is 0. The van der Waals surface area contributed by atoms with Crippen molar-refractivity contribution >= 4 is 5.91 Å². The lowest BCUT2D eigenvalue weighted by Crippen LogP contribution is -2.40. The van der Waals surface area contributed by atoms with Crippen LogP contribution in [-0.2, 0) is 4.79 Å². The zero-order chi connectivity index (χ0) is 14.4. The Morgan fingerprint density at radius 2 is 2.00 bits per heavy atom. The van der Waals surface area contributed by atoms with Gasteiger partial charge in [0.1, 0.15) is 0 Å². The summed E-state index contributed by atoms with van der Waals surface area (Å²) in [6, 6.07) is 0.544. The normalized spacial score (nSPS) is 23.6. The molecule has 1 unspecified atom stereocenters. The monoisotopic (exact) mass is 280 g/mol. The lowest BCUT2D eigenvalue weighted by atomic mass is 10.0. The van der Waals surface area contributed by atoms with Gasteiger partial charge in [0.2, 0.25) is 5.91 Å². The minimum Gasteiger partial charge on any atom is -0.340 e. The van der Waals surface area contributed by atoms with Crippen molar-refractivity contribution in [1.29, 1.82) is 0 Å². The maximum absolute atomic E-state index is 12.6. The molecule has 0 spiro atoms. The molecule has 1 N–H and O–H groups in total. The van der Waals surface area contributed by atoms with Crippen LogP contribution in [0.4, 0.5) is 0 Å².